The summed E-state index contributed by atoms with van der Waals surface area (Å²) in [7, 11) is 0. The van der Waals surface area contributed by atoms with Gasteiger partial charge in [0.1, 0.15) is 0 Å². The van der Waals surface area contributed by atoms with Crippen LogP contribution in [-0.4, -0.2) is 35.2 Å². The summed E-state index contributed by atoms with van der Waals surface area (Å²) in [6.45, 7) is 0. The van der Waals surface area contributed by atoms with Crippen LogP contribution < -0.4 is 5.73 Å². The van der Waals surface area contributed by atoms with E-state index >= 15 is 0 Å². The lowest BCUT2D eigenvalue weighted by Gasteiger charge is -2.34. The molecular formula is C17H15F9N2O3. The molecule has 1 aromatic rings. The molecule has 174 valence electrons. The molecule has 5 nitrogen and oxygen atoms in total. The first-order valence-corrected chi connectivity index (χ1v) is 8.68. The van der Waals surface area contributed by atoms with Crippen LogP contribution in [0.1, 0.15) is 47.2 Å². The van der Waals surface area contributed by atoms with Gasteiger partial charge < -0.3 is 10.6 Å². The van der Waals surface area contributed by atoms with Crippen molar-refractivity contribution in [2.45, 2.75) is 56.3 Å². The summed E-state index contributed by atoms with van der Waals surface area (Å²) < 4.78 is 116. The minimum Gasteiger partial charge on any atom is -0.329 e. The Labute approximate surface area is 168 Å². The van der Waals surface area contributed by atoms with Crippen LogP contribution in [0.2, 0.25) is 0 Å². The molecule has 1 aliphatic carbocycles. The summed E-state index contributed by atoms with van der Waals surface area (Å²) >= 11 is 0. The number of hydrogen-bond donors (Lipinski definition) is 1. The number of carbonyl (C=O) groups excluding carboxylic acids is 2. The topological polar surface area (TPSA) is 72.6 Å². The fourth-order valence-corrected chi connectivity index (χ4v) is 2.96. The fourth-order valence-electron chi connectivity index (χ4n) is 2.96. The van der Waals surface area contributed by atoms with E-state index in [9.17, 15) is 49.1 Å². The van der Waals surface area contributed by atoms with E-state index in [1.54, 1.807) is 0 Å². The van der Waals surface area contributed by atoms with E-state index in [1.807, 2.05) is 0 Å². The van der Waals surface area contributed by atoms with E-state index in [-0.39, 0.29) is 55.0 Å². The molecular weight excluding hydrogens is 451 g/mol. The molecule has 1 saturated carbocycles. The number of hydrogen-bond acceptors (Lipinski definition) is 4. The molecule has 1 amide bonds. The first kappa shape index (κ1) is 24.8. The molecule has 0 aliphatic heterocycles. The van der Waals surface area contributed by atoms with Crippen molar-refractivity contribution < 1.29 is 53.9 Å². The van der Waals surface area contributed by atoms with Gasteiger partial charge in [0.15, 0.2) is 0 Å². The third kappa shape index (κ3) is 6.24. The monoisotopic (exact) mass is 466 g/mol. The summed E-state index contributed by atoms with van der Waals surface area (Å²) in [4.78, 5) is 28.0. The molecule has 0 saturated heterocycles. The molecule has 0 spiro atoms. The predicted molar refractivity (Wildman–Crippen MR) is 85.0 cm³/mol. The number of hydroxylamine groups is 2. The standard InChI is InChI=1S/C17H15F9N2O3/c18-15(19,20)9-5-8(6-10(7-9)16(21,22)23)13(29)28(31-14(30)17(24,25)26)12-3-1-11(27)2-4-12/h5-7,11-12H,1-4,27H2. The third-order valence-corrected chi connectivity index (χ3v) is 4.52. The number of carbonyl (C=O) groups is 2. The smallest absolute Gasteiger partial charge is 0.329 e. The minimum atomic E-state index is -5.56. The molecule has 1 aromatic carbocycles. The summed E-state index contributed by atoms with van der Waals surface area (Å²) in [6, 6.07) is -1.76. The van der Waals surface area contributed by atoms with Crippen molar-refractivity contribution in [3.63, 3.8) is 0 Å². The first-order chi connectivity index (χ1) is 14.0. The lowest BCUT2D eigenvalue weighted by molar-refractivity contribution is -0.235. The van der Waals surface area contributed by atoms with E-state index in [0.29, 0.717) is 0 Å². The van der Waals surface area contributed by atoms with E-state index in [4.69, 9.17) is 5.73 Å². The van der Waals surface area contributed by atoms with E-state index < -0.39 is 53.1 Å². The van der Waals surface area contributed by atoms with Gasteiger partial charge in [-0.1, -0.05) is 0 Å². The van der Waals surface area contributed by atoms with E-state index in [1.165, 1.54) is 0 Å². The highest BCUT2D eigenvalue weighted by Crippen LogP contribution is 2.37. The summed E-state index contributed by atoms with van der Waals surface area (Å²) in [5, 5.41) is -0.114. The van der Waals surface area contributed by atoms with Gasteiger partial charge in [-0.15, -0.1) is 0 Å². The van der Waals surface area contributed by atoms with Gasteiger partial charge in [-0.05, 0) is 43.9 Å². The Morgan fingerprint density at radius 2 is 1.29 bits per heavy atom. The summed E-state index contributed by atoms with van der Waals surface area (Å²) in [5.41, 5.74) is 0.708. The zero-order chi connectivity index (χ0) is 23.8. The number of amides is 1. The second-order valence-corrected chi connectivity index (χ2v) is 6.87. The second-order valence-electron chi connectivity index (χ2n) is 6.87. The van der Waals surface area contributed by atoms with Gasteiger partial charge in [0.2, 0.25) is 0 Å². The van der Waals surface area contributed by atoms with Crippen molar-refractivity contribution in [1.82, 2.24) is 5.06 Å². The van der Waals surface area contributed by atoms with Crippen molar-refractivity contribution >= 4 is 11.9 Å². The van der Waals surface area contributed by atoms with Crippen molar-refractivity contribution in [2.75, 3.05) is 0 Å². The van der Waals surface area contributed by atoms with E-state index in [0.717, 1.165) is 0 Å². The van der Waals surface area contributed by atoms with Crippen LogP contribution in [0.25, 0.3) is 0 Å². The maximum Gasteiger partial charge on any atom is 0.493 e. The van der Waals surface area contributed by atoms with Crippen molar-refractivity contribution in [1.29, 1.82) is 0 Å². The summed E-state index contributed by atoms with van der Waals surface area (Å²) in [5.74, 6) is -4.60. The molecule has 0 bridgehead atoms. The normalized spacial score (nSPS) is 20.3. The van der Waals surface area contributed by atoms with Gasteiger partial charge in [-0.25, -0.2) is 4.79 Å². The van der Waals surface area contributed by atoms with Gasteiger partial charge in [-0.3, -0.25) is 4.79 Å². The van der Waals surface area contributed by atoms with Crippen LogP contribution in [0, 0.1) is 0 Å². The highest BCUT2D eigenvalue weighted by molar-refractivity contribution is 5.95. The van der Waals surface area contributed by atoms with Crippen molar-refractivity contribution in [3.8, 4) is 0 Å². The number of halogens is 9. The molecule has 2 N–H and O–H groups in total. The zero-order valence-electron chi connectivity index (χ0n) is 15.4. The van der Waals surface area contributed by atoms with Crippen LogP contribution in [-0.2, 0) is 22.0 Å². The lowest BCUT2D eigenvalue weighted by Crippen LogP contribution is -2.47. The van der Waals surface area contributed by atoms with Crippen LogP contribution in [0.15, 0.2) is 18.2 Å². The highest BCUT2D eigenvalue weighted by atomic mass is 19.4. The molecule has 31 heavy (non-hydrogen) atoms. The minimum absolute atomic E-state index is 0.0422. The average molecular weight is 466 g/mol. The molecule has 14 heteroatoms. The molecule has 1 fully saturated rings. The van der Waals surface area contributed by atoms with Gasteiger partial charge >= 0.3 is 24.5 Å². The largest absolute Gasteiger partial charge is 0.493 e. The number of nitrogens with two attached hydrogens (primary N) is 1. The molecule has 0 aromatic heterocycles. The third-order valence-electron chi connectivity index (χ3n) is 4.52. The first-order valence-electron chi connectivity index (χ1n) is 8.68. The van der Waals surface area contributed by atoms with Gasteiger partial charge in [0.05, 0.1) is 17.2 Å². The van der Waals surface area contributed by atoms with Crippen molar-refractivity contribution in [2.24, 2.45) is 5.73 Å². The zero-order valence-corrected chi connectivity index (χ0v) is 15.4. The van der Waals surface area contributed by atoms with Gasteiger partial charge in [0, 0.05) is 11.6 Å². The number of alkyl halides is 9. The number of benzene rings is 1. The Bertz CT molecular complexity index is 793. The molecule has 0 radical (unpaired) electrons. The Morgan fingerprint density at radius 1 is 0.839 bits per heavy atom. The molecule has 0 atom stereocenters. The second kappa shape index (κ2) is 8.55. The van der Waals surface area contributed by atoms with Gasteiger partial charge in [-0.2, -0.15) is 44.6 Å². The quantitative estimate of drug-likeness (QED) is 0.516. The van der Waals surface area contributed by atoms with Gasteiger partial charge in [0.25, 0.3) is 5.91 Å². The summed E-state index contributed by atoms with van der Waals surface area (Å²) in [6.07, 6.45) is -16.0. The molecule has 1 aliphatic rings. The predicted octanol–water partition coefficient (Wildman–Crippen LogP) is 4.46. The molecule has 0 unspecified atom stereocenters. The Hall–Kier alpha value is -2.51. The number of rotatable bonds is 2. The Morgan fingerprint density at radius 3 is 1.68 bits per heavy atom. The van der Waals surface area contributed by atoms with E-state index in [2.05, 4.69) is 4.84 Å². The number of nitrogens with zero attached hydrogens (tertiary/aromatic N) is 1. The Kier molecular flexibility index (Phi) is 6.83. The maximum atomic E-state index is 13.0. The van der Waals surface area contributed by atoms with Crippen LogP contribution in [0.4, 0.5) is 39.5 Å². The Balaban J connectivity index is 2.51. The molecule has 0 heterocycles. The average Bonchev–Trinajstić information content (AvgIpc) is 2.63. The lowest BCUT2D eigenvalue weighted by atomic mass is 9.91. The van der Waals surface area contributed by atoms with Crippen molar-refractivity contribution in [3.05, 3.63) is 34.9 Å². The van der Waals surface area contributed by atoms with Crippen LogP contribution >= 0.6 is 0 Å². The SMILES string of the molecule is NC1CCC(N(OC(=O)C(F)(F)F)C(=O)c2cc(C(F)(F)F)cc(C(F)(F)F)c2)CC1. The maximum absolute atomic E-state index is 13.0. The fraction of sp³-hybridized carbons (Fsp3) is 0.529. The van der Waals surface area contributed by atoms with Crippen LogP contribution in [0.5, 0.6) is 0 Å². The van der Waals surface area contributed by atoms with Crippen LogP contribution in [0.3, 0.4) is 0 Å². The molecule has 2 rings (SSSR count). The highest BCUT2D eigenvalue weighted by Gasteiger charge is 2.45.